The van der Waals surface area contributed by atoms with Gasteiger partial charge in [-0.2, -0.15) is 0 Å². The number of carbonyl (C=O) groups is 1. The van der Waals surface area contributed by atoms with Crippen LogP contribution in [0, 0.1) is 19.8 Å². The standard InChI is InChI=1S/C33H41N3O/c1-6-27-10-14-32(34-22-27)33(37)36(31-16-19-35(20-17-31)18-15-24(2)3)23-28-8-12-29(13-9-28)30-11-7-25(4)26(5)21-30/h6-14,21-22,24,31H,1,15-20,23H2,2-5H3. The third-order valence-corrected chi connectivity index (χ3v) is 7.67. The lowest BCUT2D eigenvalue weighted by atomic mass is 9.98. The van der Waals surface area contributed by atoms with E-state index in [2.05, 4.69) is 91.5 Å². The number of amides is 1. The Morgan fingerprint density at radius 3 is 2.32 bits per heavy atom. The summed E-state index contributed by atoms with van der Waals surface area (Å²) < 4.78 is 0. The topological polar surface area (TPSA) is 36.4 Å². The zero-order valence-corrected chi connectivity index (χ0v) is 22.9. The number of rotatable bonds is 9. The van der Waals surface area contributed by atoms with Crippen molar-refractivity contribution in [3.05, 3.63) is 95.3 Å². The van der Waals surface area contributed by atoms with Crippen molar-refractivity contribution in [2.24, 2.45) is 5.92 Å². The fraction of sp³-hybridized carbons (Fsp3) is 0.394. The molecule has 2 aromatic carbocycles. The third kappa shape index (κ3) is 6.95. The van der Waals surface area contributed by atoms with E-state index in [1.54, 1.807) is 12.3 Å². The van der Waals surface area contributed by atoms with Crippen LogP contribution in [0.4, 0.5) is 0 Å². The molecule has 194 valence electrons. The van der Waals surface area contributed by atoms with E-state index in [1.807, 2.05) is 12.1 Å². The van der Waals surface area contributed by atoms with Gasteiger partial charge < -0.3 is 9.80 Å². The summed E-state index contributed by atoms with van der Waals surface area (Å²) in [5.74, 6) is 0.724. The monoisotopic (exact) mass is 495 g/mol. The van der Waals surface area contributed by atoms with Gasteiger partial charge in [0.15, 0.2) is 0 Å². The molecule has 3 aromatic rings. The van der Waals surface area contributed by atoms with E-state index in [-0.39, 0.29) is 11.9 Å². The highest BCUT2D eigenvalue weighted by atomic mass is 16.2. The Labute approximate surface area is 223 Å². The Bertz CT molecular complexity index is 1190. The molecular weight excluding hydrogens is 454 g/mol. The molecule has 37 heavy (non-hydrogen) atoms. The van der Waals surface area contributed by atoms with Gasteiger partial charge in [0.05, 0.1) is 0 Å². The Kier molecular flexibility index (Phi) is 8.94. The van der Waals surface area contributed by atoms with Crippen LogP contribution in [0.1, 0.15) is 65.9 Å². The first kappa shape index (κ1) is 26.8. The second-order valence-electron chi connectivity index (χ2n) is 10.9. The molecule has 4 nitrogen and oxygen atoms in total. The van der Waals surface area contributed by atoms with Crippen LogP contribution in [0.2, 0.25) is 0 Å². The Balaban J connectivity index is 1.52. The van der Waals surface area contributed by atoms with Gasteiger partial charge in [0.2, 0.25) is 0 Å². The van der Waals surface area contributed by atoms with E-state index in [4.69, 9.17) is 0 Å². The van der Waals surface area contributed by atoms with Gasteiger partial charge >= 0.3 is 0 Å². The van der Waals surface area contributed by atoms with Crippen molar-refractivity contribution in [3.63, 3.8) is 0 Å². The van der Waals surface area contributed by atoms with Gasteiger partial charge in [0.1, 0.15) is 5.69 Å². The van der Waals surface area contributed by atoms with Crippen LogP contribution >= 0.6 is 0 Å². The zero-order valence-electron chi connectivity index (χ0n) is 22.9. The van der Waals surface area contributed by atoms with Crippen LogP contribution < -0.4 is 0 Å². The number of aryl methyl sites for hydroxylation is 2. The van der Waals surface area contributed by atoms with Crippen molar-refractivity contribution >= 4 is 12.0 Å². The van der Waals surface area contributed by atoms with Crippen molar-refractivity contribution in [2.75, 3.05) is 19.6 Å². The fourth-order valence-corrected chi connectivity index (χ4v) is 4.98. The van der Waals surface area contributed by atoms with E-state index in [9.17, 15) is 4.79 Å². The molecule has 0 aliphatic carbocycles. The number of aromatic nitrogens is 1. The van der Waals surface area contributed by atoms with Crippen molar-refractivity contribution in [1.82, 2.24) is 14.8 Å². The summed E-state index contributed by atoms with van der Waals surface area (Å²) in [6, 6.07) is 19.2. The quantitative estimate of drug-likeness (QED) is 0.316. The van der Waals surface area contributed by atoms with Crippen LogP contribution in [0.5, 0.6) is 0 Å². The molecule has 0 N–H and O–H groups in total. The molecule has 1 saturated heterocycles. The molecule has 1 fully saturated rings. The van der Waals surface area contributed by atoms with Crippen molar-refractivity contribution in [1.29, 1.82) is 0 Å². The highest BCUT2D eigenvalue weighted by molar-refractivity contribution is 5.92. The number of nitrogens with zero attached hydrogens (tertiary/aromatic N) is 3. The van der Waals surface area contributed by atoms with E-state index in [0.29, 0.717) is 18.2 Å². The summed E-state index contributed by atoms with van der Waals surface area (Å²) in [7, 11) is 0. The van der Waals surface area contributed by atoms with Crippen LogP contribution in [-0.2, 0) is 6.54 Å². The second kappa shape index (κ2) is 12.3. The summed E-state index contributed by atoms with van der Waals surface area (Å²) in [6.45, 7) is 16.5. The second-order valence-corrected chi connectivity index (χ2v) is 10.9. The molecule has 1 amide bonds. The molecule has 0 spiro atoms. The first-order valence-corrected chi connectivity index (χ1v) is 13.6. The summed E-state index contributed by atoms with van der Waals surface area (Å²) in [4.78, 5) is 22.8. The van der Waals surface area contributed by atoms with Crippen LogP contribution in [0.3, 0.4) is 0 Å². The van der Waals surface area contributed by atoms with Gasteiger partial charge in [-0.05, 0) is 85.0 Å². The lowest BCUT2D eigenvalue weighted by molar-refractivity contribution is 0.0540. The lowest BCUT2D eigenvalue weighted by Gasteiger charge is -2.38. The SMILES string of the molecule is C=Cc1ccc(C(=O)N(Cc2ccc(-c3ccc(C)c(C)c3)cc2)C2CCN(CCC(C)C)CC2)nc1. The number of benzene rings is 2. The normalized spacial score (nSPS) is 14.6. The Morgan fingerprint density at radius 1 is 1.03 bits per heavy atom. The smallest absolute Gasteiger partial charge is 0.272 e. The number of carbonyl (C=O) groups excluding carboxylic acids is 1. The van der Waals surface area contributed by atoms with Crippen LogP contribution in [-0.4, -0.2) is 46.4 Å². The van der Waals surface area contributed by atoms with Crippen molar-refractivity contribution in [3.8, 4) is 11.1 Å². The van der Waals surface area contributed by atoms with Gasteiger partial charge in [-0.3, -0.25) is 9.78 Å². The highest BCUT2D eigenvalue weighted by Crippen LogP contribution is 2.25. The minimum absolute atomic E-state index is 0.00878. The number of pyridine rings is 1. The molecule has 4 heteroatoms. The molecule has 2 heterocycles. The fourth-order valence-electron chi connectivity index (χ4n) is 4.98. The first-order valence-electron chi connectivity index (χ1n) is 13.6. The van der Waals surface area contributed by atoms with E-state index >= 15 is 0 Å². The Hall–Kier alpha value is -3.24. The molecular formula is C33H41N3O. The van der Waals surface area contributed by atoms with E-state index in [1.165, 1.54) is 28.7 Å². The van der Waals surface area contributed by atoms with Crippen molar-refractivity contribution < 1.29 is 4.79 Å². The molecule has 0 unspecified atom stereocenters. The summed E-state index contributed by atoms with van der Waals surface area (Å²) in [5.41, 5.74) is 7.59. The molecule has 0 bridgehead atoms. The van der Waals surface area contributed by atoms with Crippen LogP contribution in [0.25, 0.3) is 17.2 Å². The minimum Gasteiger partial charge on any atom is -0.330 e. The predicted octanol–water partition coefficient (Wildman–Crippen LogP) is 7.16. The molecule has 1 aromatic heterocycles. The molecule has 0 atom stereocenters. The van der Waals surface area contributed by atoms with Gasteiger partial charge in [-0.25, -0.2) is 0 Å². The van der Waals surface area contributed by atoms with Gasteiger partial charge in [0.25, 0.3) is 5.91 Å². The maximum atomic E-state index is 13.7. The highest BCUT2D eigenvalue weighted by Gasteiger charge is 2.29. The molecule has 1 aliphatic rings. The molecule has 0 radical (unpaired) electrons. The summed E-state index contributed by atoms with van der Waals surface area (Å²) in [5, 5.41) is 0. The number of piperidine rings is 1. The lowest BCUT2D eigenvalue weighted by Crippen LogP contribution is -2.47. The Morgan fingerprint density at radius 2 is 1.73 bits per heavy atom. The van der Waals surface area contributed by atoms with E-state index in [0.717, 1.165) is 43.6 Å². The predicted molar refractivity (Wildman–Crippen MR) is 154 cm³/mol. The average Bonchev–Trinajstić information content (AvgIpc) is 2.92. The van der Waals surface area contributed by atoms with Gasteiger partial charge in [0, 0.05) is 31.9 Å². The average molecular weight is 496 g/mol. The zero-order chi connectivity index (χ0) is 26.4. The molecule has 0 saturated carbocycles. The first-order chi connectivity index (χ1) is 17.8. The minimum atomic E-state index is 0.00878. The van der Waals surface area contributed by atoms with E-state index < -0.39 is 0 Å². The third-order valence-electron chi connectivity index (χ3n) is 7.67. The van der Waals surface area contributed by atoms with Crippen LogP contribution in [0.15, 0.2) is 67.4 Å². The van der Waals surface area contributed by atoms with Gasteiger partial charge in [-0.1, -0.05) is 75.0 Å². The number of hydrogen-bond acceptors (Lipinski definition) is 3. The maximum Gasteiger partial charge on any atom is 0.272 e. The molecule has 4 rings (SSSR count). The maximum absolute atomic E-state index is 13.7. The summed E-state index contributed by atoms with van der Waals surface area (Å²) in [6.07, 6.45) is 6.69. The summed E-state index contributed by atoms with van der Waals surface area (Å²) >= 11 is 0. The molecule has 1 aliphatic heterocycles. The largest absolute Gasteiger partial charge is 0.330 e. The number of likely N-dealkylation sites (tertiary alicyclic amines) is 1. The van der Waals surface area contributed by atoms with Crippen molar-refractivity contribution in [2.45, 2.75) is 59.5 Å². The number of hydrogen-bond donors (Lipinski definition) is 0. The van der Waals surface area contributed by atoms with Gasteiger partial charge in [-0.15, -0.1) is 0 Å².